The first-order valence-electron chi connectivity index (χ1n) is 7.53. The van der Waals surface area contributed by atoms with Crippen molar-refractivity contribution in [2.75, 3.05) is 6.54 Å². The maximum Gasteiger partial charge on any atom is 0.315 e. The SMILES string of the molecule is N#Cc1ccc(F)c(CNC(=O)NCCC(O)c2ccccc2)c1. The number of urea groups is 1. The van der Waals surface area contributed by atoms with Crippen molar-refractivity contribution in [3.8, 4) is 6.07 Å². The third-order valence-corrected chi connectivity index (χ3v) is 3.50. The average molecular weight is 327 g/mol. The molecule has 0 radical (unpaired) electrons. The summed E-state index contributed by atoms with van der Waals surface area (Å²) in [5.74, 6) is -0.478. The summed E-state index contributed by atoms with van der Waals surface area (Å²) in [7, 11) is 0. The topological polar surface area (TPSA) is 85.2 Å². The van der Waals surface area contributed by atoms with E-state index in [9.17, 15) is 14.3 Å². The van der Waals surface area contributed by atoms with Crippen LogP contribution >= 0.6 is 0 Å². The quantitative estimate of drug-likeness (QED) is 0.762. The van der Waals surface area contributed by atoms with Gasteiger partial charge in [-0.3, -0.25) is 0 Å². The summed E-state index contributed by atoms with van der Waals surface area (Å²) in [5.41, 5.74) is 1.36. The van der Waals surface area contributed by atoms with Gasteiger partial charge in [0.05, 0.1) is 17.7 Å². The van der Waals surface area contributed by atoms with Crippen LogP contribution in [0.15, 0.2) is 48.5 Å². The summed E-state index contributed by atoms with van der Waals surface area (Å²) in [6.07, 6.45) is -0.285. The van der Waals surface area contributed by atoms with Crippen molar-refractivity contribution in [3.05, 3.63) is 71.0 Å². The highest BCUT2D eigenvalue weighted by atomic mass is 19.1. The van der Waals surface area contributed by atoms with Crippen LogP contribution in [0.5, 0.6) is 0 Å². The predicted molar refractivity (Wildman–Crippen MR) is 87.4 cm³/mol. The fourth-order valence-corrected chi connectivity index (χ4v) is 2.18. The number of nitrogens with one attached hydrogen (secondary N) is 2. The molecule has 1 unspecified atom stereocenters. The molecule has 0 aromatic heterocycles. The molecule has 0 fully saturated rings. The molecule has 1 atom stereocenters. The smallest absolute Gasteiger partial charge is 0.315 e. The Labute approximate surface area is 139 Å². The lowest BCUT2D eigenvalue weighted by molar-refractivity contribution is 0.167. The number of nitriles is 1. The monoisotopic (exact) mass is 327 g/mol. The van der Waals surface area contributed by atoms with Crippen molar-refractivity contribution >= 4 is 6.03 Å². The molecule has 0 spiro atoms. The van der Waals surface area contributed by atoms with Gasteiger partial charge in [0.2, 0.25) is 0 Å². The van der Waals surface area contributed by atoms with E-state index in [-0.39, 0.29) is 18.7 Å². The number of aliphatic hydroxyl groups excluding tert-OH is 1. The van der Waals surface area contributed by atoms with Crippen LogP contribution in [-0.2, 0) is 6.54 Å². The third kappa shape index (κ3) is 5.07. The number of aliphatic hydroxyl groups is 1. The zero-order valence-corrected chi connectivity index (χ0v) is 13.0. The second-order valence-corrected chi connectivity index (χ2v) is 5.24. The van der Waals surface area contributed by atoms with E-state index < -0.39 is 18.0 Å². The summed E-state index contributed by atoms with van der Waals surface area (Å²) in [6.45, 7) is 0.261. The van der Waals surface area contributed by atoms with Crippen molar-refractivity contribution in [1.82, 2.24) is 10.6 Å². The van der Waals surface area contributed by atoms with Gasteiger partial charge in [0.1, 0.15) is 5.82 Å². The zero-order chi connectivity index (χ0) is 17.4. The highest BCUT2D eigenvalue weighted by Crippen LogP contribution is 2.14. The molecule has 124 valence electrons. The maximum absolute atomic E-state index is 13.6. The minimum atomic E-state index is -0.656. The number of hydrogen-bond donors (Lipinski definition) is 3. The minimum Gasteiger partial charge on any atom is -0.388 e. The zero-order valence-electron chi connectivity index (χ0n) is 13.0. The van der Waals surface area contributed by atoms with Gasteiger partial charge in [0.25, 0.3) is 0 Å². The first-order chi connectivity index (χ1) is 11.6. The lowest BCUT2D eigenvalue weighted by atomic mass is 10.1. The number of halogens is 1. The van der Waals surface area contributed by atoms with Crippen LogP contribution in [0.1, 0.15) is 29.2 Å². The van der Waals surface area contributed by atoms with Gasteiger partial charge in [-0.05, 0) is 30.2 Å². The lowest BCUT2D eigenvalue weighted by Crippen LogP contribution is -2.36. The summed E-state index contributed by atoms with van der Waals surface area (Å²) in [4.78, 5) is 11.7. The molecule has 24 heavy (non-hydrogen) atoms. The molecule has 6 heteroatoms. The molecule has 2 amide bonds. The van der Waals surface area contributed by atoms with Gasteiger partial charge in [-0.2, -0.15) is 5.26 Å². The van der Waals surface area contributed by atoms with Gasteiger partial charge in [-0.1, -0.05) is 30.3 Å². The molecule has 0 aliphatic carbocycles. The van der Waals surface area contributed by atoms with Crippen LogP contribution in [0.4, 0.5) is 9.18 Å². The van der Waals surface area contributed by atoms with Crippen molar-refractivity contribution in [2.45, 2.75) is 19.1 Å². The van der Waals surface area contributed by atoms with Crippen LogP contribution in [0, 0.1) is 17.1 Å². The van der Waals surface area contributed by atoms with Crippen LogP contribution in [0.25, 0.3) is 0 Å². The van der Waals surface area contributed by atoms with E-state index >= 15 is 0 Å². The molecule has 0 aliphatic rings. The molecule has 2 aromatic carbocycles. The largest absolute Gasteiger partial charge is 0.388 e. The first-order valence-corrected chi connectivity index (χ1v) is 7.53. The highest BCUT2D eigenvalue weighted by Gasteiger charge is 2.09. The van der Waals surface area contributed by atoms with E-state index in [2.05, 4.69) is 10.6 Å². The fraction of sp³-hybridized carbons (Fsp3) is 0.222. The molecule has 5 nitrogen and oxygen atoms in total. The van der Waals surface area contributed by atoms with Gasteiger partial charge in [-0.25, -0.2) is 9.18 Å². The number of benzene rings is 2. The molecule has 0 aliphatic heterocycles. The van der Waals surface area contributed by atoms with Gasteiger partial charge in [0.15, 0.2) is 0 Å². The fourth-order valence-electron chi connectivity index (χ4n) is 2.18. The van der Waals surface area contributed by atoms with Crippen LogP contribution < -0.4 is 10.6 Å². The molecule has 0 saturated carbocycles. The summed E-state index contributed by atoms with van der Waals surface area (Å²) in [6, 6.07) is 14.6. The van der Waals surface area contributed by atoms with Crippen molar-refractivity contribution < 1.29 is 14.3 Å². The maximum atomic E-state index is 13.6. The number of amides is 2. The summed E-state index contributed by atoms with van der Waals surface area (Å²) >= 11 is 0. The Morgan fingerprint density at radius 3 is 2.67 bits per heavy atom. The van der Waals surface area contributed by atoms with E-state index in [0.717, 1.165) is 5.56 Å². The molecule has 2 aromatic rings. The Balaban J connectivity index is 1.75. The number of hydrogen-bond acceptors (Lipinski definition) is 3. The standard InChI is InChI=1S/C18H18FN3O2/c19-16-7-6-13(11-20)10-15(16)12-22-18(24)21-9-8-17(23)14-4-2-1-3-5-14/h1-7,10,17,23H,8-9,12H2,(H2,21,22,24). The second-order valence-electron chi connectivity index (χ2n) is 5.24. The molecule has 2 rings (SSSR count). The Bertz CT molecular complexity index is 729. The normalized spacial score (nSPS) is 11.4. The predicted octanol–water partition coefficient (Wildman–Crippen LogP) is 2.62. The number of carbonyl (C=O) groups is 1. The summed E-state index contributed by atoms with van der Waals surface area (Å²) in [5, 5.41) is 23.9. The van der Waals surface area contributed by atoms with Crippen LogP contribution in [0.3, 0.4) is 0 Å². The second kappa shape index (κ2) is 8.65. The molecule has 3 N–H and O–H groups in total. The third-order valence-electron chi connectivity index (χ3n) is 3.50. The van der Waals surface area contributed by atoms with E-state index in [0.29, 0.717) is 12.0 Å². The van der Waals surface area contributed by atoms with Crippen LogP contribution in [-0.4, -0.2) is 17.7 Å². The van der Waals surface area contributed by atoms with Crippen LogP contribution in [0.2, 0.25) is 0 Å². The Morgan fingerprint density at radius 2 is 1.96 bits per heavy atom. The number of nitrogens with zero attached hydrogens (tertiary/aromatic N) is 1. The molecule has 0 saturated heterocycles. The number of rotatable bonds is 6. The highest BCUT2D eigenvalue weighted by molar-refractivity contribution is 5.73. The van der Waals surface area contributed by atoms with Crippen molar-refractivity contribution in [3.63, 3.8) is 0 Å². The molecule has 0 heterocycles. The molecular formula is C18H18FN3O2. The molecular weight excluding hydrogens is 309 g/mol. The Morgan fingerprint density at radius 1 is 1.21 bits per heavy atom. The summed E-state index contributed by atoms with van der Waals surface area (Å²) < 4.78 is 13.6. The van der Waals surface area contributed by atoms with Gasteiger partial charge in [-0.15, -0.1) is 0 Å². The number of carbonyl (C=O) groups excluding carboxylic acids is 1. The Kier molecular flexibility index (Phi) is 6.29. The van der Waals surface area contributed by atoms with Gasteiger partial charge in [0, 0.05) is 18.7 Å². The molecule has 0 bridgehead atoms. The average Bonchev–Trinajstić information content (AvgIpc) is 2.61. The van der Waals surface area contributed by atoms with E-state index in [4.69, 9.17) is 5.26 Å². The van der Waals surface area contributed by atoms with E-state index in [1.165, 1.54) is 18.2 Å². The lowest BCUT2D eigenvalue weighted by Gasteiger charge is -2.12. The van der Waals surface area contributed by atoms with E-state index in [1.807, 2.05) is 36.4 Å². The van der Waals surface area contributed by atoms with Gasteiger partial charge >= 0.3 is 6.03 Å². The minimum absolute atomic E-state index is 0.0194. The van der Waals surface area contributed by atoms with Gasteiger partial charge < -0.3 is 15.7 Å². The van der Waals surface area contributed by atoms with E-state index in [1.54, 1.807) is 0 Å². The van der Waals surface area contributed by atoms with Crippen molar-refractivity contribution in [1.29, 1.82) is 5.26 Å². The Hall–Kier alpha value is -2.91. The van der Waals surface area contributed by atoms with Crippen molar-refractivity contribution in [2.24, 2.45) is 0 Å². The first kappa shape index (κ1) is 17.4.